The SMILES string of the molecule is Cc1ccc(-c2noc(CCC(=O)NCC(C)(C)N3CC(C)CC(C)C3)n2)cc1F. The third-order valence-corrected chi connectivity index (χ3v) is 5.91. The first-order chi connectivity index (χ1) is 14.1. The van der Waals surface area contributed by atoms with Gasteiger partial charge < -0.3 is 9.84 Å². The monoisotopic (exact) mass is 416 g/mol. The molecule has 30 heavy (non-hydrogen) atoms. The van der Waals surface area contributed by atoms with Crippen LogP contribution in [-0.2, 0) is 11.2 Å². The highest BCUT2D eigenvalue weighted by molar-refractivity contribution is 5.76. The van der Waals surface area contributed by atoms with E-state index in [-0.39, 0.29) is 23.7 Å². The van der Waals surface area contributed by atoms with E-state index < -0.39 is 0 Å². The lowest BCUT2D eigenvalue weighted by molar-refractivity contribution is -0.121. The van der Waals surface area contributed by atoms with Gasteiger partial charge in [-0.1, -0.05) is 31.1 Å². The van der Waals surface area contributed by atoms with Gasteiger partial charge in [-0.05, 0) is 50.7 Å². The summed E-state index contributed by atoms with van der Waals surface area (Å²) in [7, 11) is 0. The summed E-state index contributed by atoms with van der Waals surface area (Å²) >= 11 is 0. The predicted molar refractivity (Wildman–Crippen MR) is 114 cm³/mol. The normalized spacial score (nSPS) is 20.3. The van der Waals surface area contributed by atoms with E-state index in [4.69, 9.17) is 4.52 Å². The molecule has 0 radical (unpaired) electrons. The maximum absolute atomic E-state index is 13.7. The van der Waals surface area contributed by atoms with Crippen LogP contribution in [-0.4, -0.2) is 46.1 Å². The molecule has 2 aromatic rings. The number of aromatic nitrogens is 2. The van der Waals surface area contributed by atoms with Crippen LogP contribution in [0, 0.1) is 24.6 Å². The Hall–Kier alpha value is -2.28. The van der Waals surface area contributed by atoms with E-state index in [9.17, 15) is 9.18 Å². The van der Waals surface area contributed by atoms with Gasteiger partial charge in [-0.2, -0.15) is 4.98 Å². The number of piperidine rings is 1. The first-order valence-corrected chi connectivity index (χ1v) is 10.7. The van der Waals surface area contributed by atoms with Crippen molar-refractivity contribution in [2.24, 2.45) is 11.8 Å². The second-order valence-corrected chi connectivity index (χ2v) is 9.42. The van der Waals surface area contributed by atoms with Gasteiger partial charge >= 0.3 is 0 Å². The van der Waals surface area contributed by atoms with Crippen LogP contribution in [0.5, 0.6) is 0 Å². The Morgan fingerprint density at radius 2 is 2.00 bits per heavy atom. The zero-order valence-electron chi connectivity index (χ0n) is 18.7. The van der Waals surface area contributed by atoms with Crippen LogP contribution in [0.1, 0.15) is 52.0 Å². The molecule has 0 saturated carbocycles. The average molecular weight is 417 g/mol. The molecule has 1 N–H and O–H groups in total. The van der Waals surface area contributed by atoms with E-state index in [2.05, 4.69) is 48.1 Å². The Kier molecular flexibility index (Phi) is 6.91. The molecule has 2 unspecified atom stereocenters. The van der Waals surface area contributed by atoms with Crippen LogP contribution < -0.4 is 5.32 Å². The number of carbonyl (C=O) groups excluding carboxylic acids is 1. The molecule has 1 aliphatic heterocycles. The Morgan fingerprint density at radius 3 is 2.67 bits per heavy atom. The van der Waals surface area contributed by atoms with Crippen molar-refractivity contribution in [1.29, 1.82) is 0 Å². The number of hydrogen-bond acceptors (Lipinski definition) is 5. The van der Waals surface area contributed by atoms with Crippen molar-refractivity contribution >= 4 is 5.91 Å². The molecule has 164 valence electrons. The molecule has 3 rings (SSSR count). The molecule has 1 amide bonds. The van der Waals surface area contributed by atoms with Crippen LogP contribution in [0.3, 0.4) is 0 Å². The van der Waals surface area contributed by atoms with Gasteiger partial charge in [-0.15, -0.1) is 0 Å². The summed E-state index contributed by atoms with van der Waals surface area (Å²) in [6, 6.07) is 4.82. The van der Waals surface area contributed by atoms with Gasteiger partial charge in [-0.25, -0.2) is 4.39 Å². The maximum atomic E-state index is 13.7. The quantitative estimate of drug-likeness (QED) is 0.739. The molecule has 7 heteroatoms. The van der Waals surface area contributed by atoms with Crippen LogP contribution in [0.15, 0.2) is 22.7 Å². The van der Waals surface area contributed by atoms with Crippen molar-refractivity contribution < 1.29 is 13.7 Å². The topological polar surface area (TPSA) is 71.3 Å². The fraction of sp³-hybridized carbons (Fsp3) is 0.609. The molecule has 6 nitrogen and oxygen atoms in total. The molecule has 2 atom stereocenters. The van der Waals surface area contributed by atoms with Crippen molar-refractivity contribution in [2.75, 3.05) is 19.6 Å². The second kappa shape index (κ2) is 9.25. The highest BCUT2D eigenvalue weighted by Gasteiger charge is 2.32. The highest BCUT2D eigenvalue weighted by Crippen LogP contribution is 2.27. The Bertz CT molecular complexity index is 870. The molecule has 0 aliphatic carbocycles. The molecule has 0 bridgehead atoms. The van der Waals surface area contributed by atoms with Crippen LogP contribution >= 0.6 is 0 Å². The first kappa shape index (κ1) is 22.4. The number of carbonyl (C=O) groups is 1. The third-order valence-electron chi connectivity index (χ3n) is 5.91. The van der Waals surface area contributed by atoms with Crippen molar-refractivity contribution in [2.45, 2.75) is 59.4 Å². The van der Waals surface area contributed by atoms with Crippen molar-refractivity contribution in [3.8, 4) is 11.4 Å². The lowest BCUT2D eigenvalue weighted by Crippen LogP contribution is -2.56. The summed E-state index contributed by atoms with van der Waals surface area (Å²) in [6.45, 7) is 13.4. The van der Waals surface area contributed by atoms with E-state index >= 15 is 0 Å². The smallest absolute Gasteiger partial charge is 0.227 e. The largest absolute Gasteiger partial charge is 0.354 e. The van der Waals surface area contributed by atoms with E-state index in [1.54, 1.807) is 19.1 Å². The fourth-order valence-corrected chi connectivity index (χ4v) is 4.10. The molecule has 1 aromatic carbocycles. The summed E-state index contributed by atoms with van der Waals surface area (Å²) < 4.78 is 19.0. The molecule has 2 heterocycles. The number of likely N-dealkylation sites (tertiary alicyclic amines) is 1. The Labute approximate surface area is 178 Å². The summed E-state index contributed by atoms with van der Waals surface area (Å²) in [4.78, 5) is 19.1. The molecule has 1 saturated heterocycles. The van der Waals surface area contributed by atoms with Crippen molar-refractivity contribution in [3.63, 3.8) is 0 Å². The van der Waals surface area contributed by atoms with E-state index in [0.717, 1.165) is 13.1 Å². The first-order valence-electron chi connectivity index (χ1n) is 10.7. The molecule has 1 aromatic heterocycles. The van der Waals surface area contributed by atoms with Gasteiger partial charge in [0.25, 0.3) is 0 Å². The predicted octanol–water partition coefficient (Wildman–Crippen LogP) is 3.99. The fourth-order valence-electron chi connectivity index (χ4n) is 4.10. The number of benzene rings is 1. The van der Waals surface area contributed by atoms with Gasteiger partial charge in [0.2, 0.25) is 17.6 Å². The summed E-state index contributed by atoms with van der Waals surface area (Å²) in [5, 5.41) is 6.96. The van der Waals surface area contributed by atoms with Crippen LogP contribution in [0.25, 0.3) is 11.4 Å². The minimum absolute atomic E-state index is 0.0395. The number of amides is 1. The van der Waals surface area contributed by atoms with Gasteiger partial charge in [0.05, 0.1) is 0 Å². The van der Waals surface area contributed by atoms with Crippen LogP contribution in [0.4, 0.5) is 4.39 Å². The van der Waals surface area contributed by atoms with E-state index in [1.807, 2.05) is 0 Å². The summed E-state index contributed by atoms with van der Waals surface area (Å²) in [6.07, 6.45) is 1.89. The standard InChI is InChI=1S/C23H33FN4O2/c1-15-10-16(2)13-28(12-15)23(4,5)14-25-20(29)8-9-21-26-22(27-30-21)18-7-6-17(3)19(24)11-18/h6-7,11,15-16H,8-10,12-14H2,1-5H3,(H,25,29). The average Bonchev–Trinajstić information content (AvgIpc) is 3.15. The van der Waals surface area contributed by atoms with E-state index in [1.165, 1.54) is 12.5 Å². The summed E-state index contributed by atoms with van der Waals surface area (Å²) in [5.74, 6) is 1.72. The lowest BCUT2D eigenvalue weighted by atomic mass is 9.88. The molecular weight excluding hydrogens is 383 g/mol. The minimum Gasteiger partial charge on any atom is -0.354 e. The van der Waals surface area contributed by atoms with Crippen LogP contribution in [0.2, 0.25) is 0 Å². The van der Waals surface area contributed by atoms with Gasteiger partial charge in [0.15, 0.2) is 0 Å². The molecule has 1 fully saturated rings. The third kappa shape index (κ3) is 5.65. The molecule has 1 aliphatic rings. The van der Waals surface area contributed by atoms with Gasteiger partial charge in [-0.3, -0.25) is 9.69 Å². The number of halogens is 1. The Morgan fingerprint density at radius 1 is 1.30 bits per heavy atom. The van der Waals surface area contributed by atoms with E-state index in [0.29, 0.717) is 47.6 Å². The van der Waals surface area contributed by atoms with Gasteiger partial charge in [0, 0.05) is 43.6 Å². The molecule has 0 spiro atoms. The van der Waals surface area contributed by atoms with Crippen molar-refractivity contribution in [3.05, 3.63) is 35.5 Å². The van der Waals surface area contributed by atoms with Crippen molar-refractivity contribution in [1.82, 2.24) is 20.4 Å². The second-order valence-electron chi connectivity index (χ2n) is 9.42. The zero-order valence-corrected chi connectivity index (χ0v) is 18.7. The van der Waals surface area contributed by atoms with Gasteiger partial charge in [0.1, 0.15) is 5.82 Å². The number of nitrogens with zero attached hydrogens (tertiary/aromatic N) is 3. The zero-order chi connectivity index (χ0) is 21.9. The number of rotatable bonds is 7. The number of hydrogen-bond donors (Lipinski definition) is 1. The Balaban J connectivity index is 1.49. The number of nitrogens with one attached hydrogen (secondary N) is 1. The number of aryl methyl sites for hydroxylation is 2. The molecular formula is C23H33FN4O2. The maximum Gasteiger partial charge on any atom is 0.227 e. The minimum atomic E-state index is -0.307. The lowest BCUT2D eigenvalue weighted by Gasteiger charge is -2.45. The summed E-state index contributed by atoms with van der Waals surface area (Å²) in [5.41, 5.74) is 1.03. The highest BCUT2D eigenvalue weighted by atomic mass is 19.1.